The van der Waals surface area contributed by atoms with Crippen molar-refractivity contribution in [3.63, 3.8) is 0 Å². The van der Waals surface area contributed by atoms with Gasteiger partial charge in [-0.2, -0.15) is 0 Å². The Morgan fingerprint density at radius 2 is 2.12 bits per heavy atom. The summed E-state index contributed by atoms with van der Waals surface area (Å²) in [4.78, 5) is 0.0562. The molecule has 0 aromatic heterocycles. The Kier molecular flexibility index (Phi) is 4.42. The van der Waals surface area contributed by atoms with E-state index in [9.17, 15) is 8.42 Å². The molecular formula is C10H16AsNO3S. The molecule has 0 aliphatic carbocycles. The Morgan fingerprint density at radius 3 is 2.56 bits per heavy atom. The summed E-state index contributed by atoms with van der Waals surface area (Å²) in [5.41, 5.74) is 0.960. The molecule has 1 aromatic rings. The monoisotopic (exact) mass is 305 g/mol. The number of sulfonamides is 1. The van der Waals surface area contributed by atoms with Crippen molar-refractivity contribution in [2.24, 2.45) is 5.14 Å². The Morgan fingerprint density at radius 1 is 1.50 bits per heavy atom. The maximum atomic E-state index is 11.4. The van der Waals surface area contributed by atoms with E-state index in [1.54, 1.807) is 29.0 Å². The zero-order chi connectivity index (χ0) is 12.3. The van der Waals surface area contributed by atoms with E-state index in [1.807, 2.05) is 6.07 Å². The van der Waals surface area contributed by atoms with Crippen molar-refractivity contribution in [2.45, 2.75) is 22.9 Å². The standard InChI is InChI=1S/C10H16AsNO3S/c1-7(11)5-8-3-4-9(15-2)10(6-8)16(12,13)14/h3-4,6-7H,5,11H2,1-2H3,(H2,12,13,14)/t7-/m1/s1. The van der Waals surface area contributed by atoms with Crippen molar-refractivity contribution in [3.05, 3.63) is 23.8 Å². The van der Waals surface area contributed by atoms with Crippen LogP contribution < -0.4 is 9.88 Å². The number of rotatable bonds is 4. The summed E-state index contributed by atoms with van der Waals surface area (Å²) in [7, 11) is -2.30. The van der Waals surface area contributed by atoms with E-state index in [0.717, 1.165) is 12.0 Å². The van der Waals surface area contributed by atoms with Crippen LogP contribution in [0.15, 0.2) is 23.1 Å². The molecule has 2 atom stereocenters. The van der Waals surface area contributed by atoms with Crippen molar-refractivity contribution in [2.75, 3.05) is 7.11 Å². The minimum atomic E-state index is -3.72. The Bertz CT molecular complexity index is 471. The molecule has 0 radical (unpaired) electrons. The van der Waals surface area contributed by atoms with Crippen LogP contribution in [0.4, 0.5) is 0 Å². The third-order valence-corrected chi connectivity index (χ3v) is 3.52. The van der Waals surface area contributed by atoms with Crippen LogP contribution in [0.25, 0.3) is 0 Å². The van der Waals surface area contributed by atoms with Gasteiger partial charge in [0, 0.05) is 0 Å². The molecule has 0 aliphatic heterocycles. The topological polar surface area (TPSA) is 69.4 Å². The summed E-state index contributed by atoms with van der Waals surface area (Å²) in [6.45, 7) is 2.10. The predicted molar refractivity (Wildman–Crippen MR) is 66.0 cm³/mol. The number of hydrogen-bond acceptors (Lipinski definition) is 3. The van der Waals surface area contributed by atoms with Crippen molar-refractivity contribution >= 4 is 26.9 Å². The molecule has 0 fully saturated rings. The van der Waals surface area contributed by atoms with Gasteiger partial charge < -0.3 is 0 Å². The van der Waals surface area contributed by atoms with Gasteiger partial charge in [0.25, 0.3) is 0 Å². The third-order valence-electron chi connectivity index (χ3n) is 2.09. The van der Waals surface area contributed by atoms with Crippen LogP contribution in [0.3, 0.4) is 0 Å². The number of primary sulfonamides is 1. The van der Waals surface area contributed by atoms with E-state index in [-0.39, 0.29) is 4.90 Å². The molecule has 90 valence electrons. The van der Waals surface area contributed by atoms with Crippen molar-refractivity contribution in [1.29, 1.82) is 0 Å². The third kappa shape index (κ3) is 3.51. The van der Waals surface area contributed by atoms with Crippen LogP contribution >= 0.6 is 0 Å². The Balaban J connectivity index is 3.22. The second kappa shape index (κ2) is 5.21. The molecule has 0 heterocycles. The number of ether oxygens (including phenoxy) is 1. The summed E-state index contributed by atoms with van der Waals surface area (Å²) in [6.07, 6.45) is 0.840. The molecule has 0 saturated heterocycles. The first-order valence-corrected chi connectivity index (χ1v) is 7.74. The SMILES string of the molecule is COc1ccc(C[C@@H](C)[AsH2])cc1S(N)(=O)=O. The molecule has 0 amide bonds. The first kappa shape index (κ1) is 13.6. The normalized spacial score (nSPS) is 13.5. The summed E-state index contributed by atoms with van der Waals surface area (Å²) in [6, 6.07) is 5.10. The second-order valence-electron chi connectivity index (χ2n) is 3.71. The van der Waals surface area contributed by atoms with E-state index < -0.39 is 10.0 Å². The molecule has 0 spiro atoms. The zero-order valence-electron chi connectivity index (χ0n) is 9.30. The van der Waals surface area contributed by atoms with Gasteiger partial charge in [-0.3, -0.25) is 0 Å². The molecule has 1 unspecified atom stereocenters. The average Bonchev–Trinajstić information content (AvgIpc) is 2.15. The first-order chi connectivity index (χ1) is 7.34. The number of nitrogens with two attached hydrogens (primary N) is 1. The quantitative estimate of drug-likeness (QED) is 0.815. The Labute approximate surface area is 105 Å². The van der Waals surface area contributed by atoms with Gasteiger partial charge in [-0.05, 0) is 0 Å². The van der Waals surface area contributed by atoms with Crippen LogP contribution in [0.1, 0.15) is 12.5 Å². The van der Waals surface area contributed by atoms with E-state index in [0.29, 0.717) is 10.5 Å². The van der Waals surface area contributed by atoms with Crippen LogP contribution in [-0.2, 0) is 16.4 Å². The number of methoxy groups -OCH3 is 1. The second-order valence-corrected chi connectivity index (χ2v) is 7.63. The van der Waals surface area contributed by atoms with E-state index in [1.165, 1.54) is 7.11 Å². The van der Waals surface area contributed by atoms with Gasteiger partial charge in [0.2, 0.25) is 0 Å². The van der Waals surface area contributed by atoms with Gasteiger partial charge in [0.15, 0.2) is 0 Å². The van der Waals surface area contributed by atoms with E-state index in [2.05, 4.69) is 6.92 Å². The van der Waals surface area contributed by atoms with Gasteiger partial charge in [-0.1, -0.05) is 0 Å². The van der Waals surface area contributed by atoms with Gasteiger partial charge in [0.05, 0.1) is 0 Å². The van der Waals surface area contributed by atoms with Gasteiger partial charge in [0.1, 0.15) is 0 Å². The summed E-state index contributed by atoms with van der Waals surface area (Å²) in [5, 5.41) is 5.13. The fraction of sp³-hybridized carbons (Fsp3) is 0.400. The molecular weight excluding hydrogens is 289 g/mol. The number of benzene rings is 1. The summed E-state index contributed by atoms with van der Waals surface area (Å²) >= 11 is 1.62. The van der Waals surface area contributed by atoms with Gasteiger partial charge >= 0.3 is 105 Å². The van der Waals surface area contributed by atoms with Gasteiger partial charge in [-0.15, -0.1) is 0 Å². The van der Waals surface area contributed by atoms with Gasteiger partial charge in [-0.25, -0.2) is 0 Å². The molecule has 0 saturated carbocycles. The molecule has 1 rings (SSSR count). The maximum absolute atomic E-state index is 11.4. The average molecular weight is 305 g/mol. The molecule has 4 nitrogen and oxygen atoms in total. The van der Waals surface area contributed by atoms with Crippen molar-refractivity contribution in [3.8, 4) is 5.75 Å². The van der Waals surface area contributed by atoms with Crippen molar-refractivity contribution in [1.82, 2.24) is 0 Å². The zero-order valence-corrected chi connectivity index (χ0v) is 12.5. The molecule has 0 aliphatic rings. The molecule has 6 heteroatoms. The van der Waals surface area contributed by atoms with Crippen LogP contribution in [0.5, 0.6) is 5.75 Å². The molecule has 2 N–H and O–H groups in total. The van der Waals surface area contributed by atoms with Crippen LogP contribution in [0.2, 0.25) is 4.71 Å². The summed E-state index contributed by atoms with van der Waals surface area (Å²) in [5.74, 6) is 0.292. The molecule has 16 heavy (non-hydrogen) atoms. The number of hydrogen-bond donors (Lipinski definition) is 1. The van der Waals surface area contributed by atoms with Crippen LogP contribution in [-0.4, -0.2) is 32.4 Å². The fourth-order valence-corrected chi connectivity index (χ4v) is 2.76. The molecule has 1 aromatic carbocycles. The van der Waals surface area contributed by atoms with E-state index >= 15 is 0 Å². The predicted octanol–water partition coefficient (Wildman–Crippen LogP) is 0.327. The minimum absolute atomic E-state index is 0.0562. The first-order valence-electron chi connectivity index (χ1n) is 4.80. The summed E-state index contributed by atoms with van der Waals surface area (Å²) < 4.78 is 28.2. The molecule has 0 bridgehead atoms. The Hall–Kier alpha value is -0.512. The van der Waals surface area contributed by atoms with E-state index in [4.69, 9.17) is 9.88 Å². The fourth-order valence-electron chi connectivity index (χ4n) is 1.44. The van der Waals surface area contributed by atoms with Crippen LogP contribution in [0, 0.1) is 0 Å². The van der Waals surface area contributed by atoms with Crippen molar-refractivity contribution < 1.29 is 13.2 Å².